The lowest BCUT2D eigenvalue weighted by Crippen LogP contribution is -2.29. The molecule has 108 valence electrons. The van der Waals surface area contributed by atoms with Crippen LogP contribution in [0.1, 0.15) is 11.1 Å². The fourth-order valence-electron chi connectivity index (χ4n) is 1.86. The smallest absolute Gasteiger partial charge is 0.314 e. The molecule has 2 amide bonds. The standard InChI is InChI=1S/C16H15IN2O2/c1-10-4-3-5-13(8-10)18-15(20)16(21)19-14-7-6-12(17)9-11(14)2/h3-9H,1-2H3,(H,18,20)(H,19,21). The van der Waals surface area contributed by atoms with Crippen LogP contribution >= 0.6 is 22.6 Å². The number of aryl methyl sites for hydroxylation is 2. The molecule has 0 fully saturated rings. The summed E-state index contributed by atoms with van der Waals surface area (Å²) in [5, 5.41) is 5.20. The van der Waals surface area contributed by atoms with E-state index in [2.05, 4.69) is 33.2 Å². The summed E-state index contributed by atoms with van der Waals surface area (Å²) in [7, 11) is 0. The molecule has 21 heavy (non-hydrogen) atoms. The molecule has 0 aliphatic heterocycles. The van der Waals surface area contributed by atoms with Gasteiger partial charge in [-0.1, -0.05) is 12.1 Å². The Morgan fingerprint density at radius 3 is 2.33 bits per heavy atom. The van der Waals surface area contributed by atoms with Crippen molar-refractivity contribution in [3.05, 3.63) is 57.2 Å². The minimum Gasteiger partial charge on any atom is -0.318 e. The van der Waals surface area contributed by atoms with Crippen LogP contribution in [0.3, 0.4) is 0 Å². The van der Waals surface area contributed by atoms with Crippen LogP contribution in [0.25, 0.3) is 0 Å². The average Bonchev–Trinajstić information content (AvgIpc) is 2.41. The Kier molecular flexibility index (Phi) is 4.95. The summed E-state index contributed by atoms with van der Waals surface area (Å²) in [6.45, 7) is 3.81. The van der Waals surface area contributed by atoms with Crippen molar-refractivity contribution >= 4 is 45.8 Å². The minimum absolute atomic E-state index is 0.606. The number of anilines is 2. The van der Waals surface area contributed by atoms with Crippen LogP contribution in [0.4, 0.5) is 11.4 Å². The second kappa shape index (κ2) is 6.71. The summed E-state index contributed by atoms with van der Waals surface area (Å²) >= 11 is 2.20. The van der Waals surface area contributed by atoms with Gasteiger partial charge in [0, 0.05) is 14.9 Å². The van der Waals surface area contributed by atoms with Crippen LogP contribution in [-0.4, -0.2) is 11.8 Å². The van der Waals surface area contributed by atoms with Crippen LogP contribution in [0.5, 0.6) is 0 Å². The molecule has 2 N–H and O–H groups in total. The highest BCUT2D eigenvalue weighted by atomic mass is 127. The number of carbonyl (C=O) groups is 2. The van der Waals surface area contributed by atoms with Crippen molar-refractivity contribution in [2.24, 2.45) is 0 Å². The van der Waals surface area contributed by atoms with Gasteiger partial charge in [0.2, 0.25) is 0 Å². The van der Waals surface area contributed by atoms with Gasteiger partial charge in [-0.15, -0.1) is 0 Å². The van der Waals surface area contributed by atoms with E-state index in [0.29, 0.717) is 11.4 Å². The summed E-state index contributed by atoms with van der Waals surface area (Å²) in [5.74, 6) is -1.36. The average molecular weight is 394 g/mol. The zero-order chi connectivity index (χ0) is 15.4. The molecule has 0 saturated carbocycles. The molecular weight excluding hydrogens is 379 g/mol. The summed E-state index contributed by atoms with van der Waals surface area (Å²) in [4.78, 5) is 23.8. The van der Waals surface area contributed by atoms with Crippen LogP contribution in [0.2, 0.25) is 0 Å². The van der Waals surface area contributed by atoms with E-state index in [4.69, 9.17) is 0 Å². The van der Waals surface area contributed by atoms with E-state index in [9.17, 15) is 9.59 Å². The predicted octanol–water partition coefficient (Wildman–Crippen LogP) is 3.49. The van der Waals surface area contributed by atoms with Crippen LogP contribution < -0.4 is 10.6 Å². The number of amides is 2. The third kappa shape index (κ3) is 4.29. The number of rotatable bonds is 2. The third-order valence-electron chi connectivity index (χ3n) is 2.92. The van der Waals surface area contributed by atoms with Crippen molar-refractivity contribution in [3.63, 3.8) is 0 Å². The van der Waals surface area contributed by atoms with Crippen molar-refractivity contribution in [1.29, 1.82) is 0 Å². The number of hydrogen-bond acceptors (Lipinski definition) is 2. The number of hydrogen-bond donors (Lipinski definition) is 2. The Morgan fingerprint density at radius 1 is 0.952 bits per heavy atom. The van der Waals surface area contributed by atoms with E-state index in [1.54, 1.807) is 18.2 Å². The van der Waals surface area contributed by atoms with E-state index in [1.807, 2.05) is 38.1 Å². The lowest BCUT2D eigenvalue weighted by Gasteiger charge is -2.09. The Hall–Kier alpha value is -1.89. The van der Waals surface area contributed by atoms with Gasteiger partial charge in [0.05, 0.1) is 0 Å². The van der Waals surface area contributed by atoms with Crippen molar-refractivity contribution in [3.8, 4) is 0 Å². The number of nitrogens with one attached hydrogen (secondary N) is 2. The molecule has 0 aliphatic rings. The molecule has 2 aromatic rings. The molecule has 0 atom stereocenters. The SMILES string of the molecule is Cc1cccc(NC(=O)C(=O)Nc2ccc(I)cc2C)c1. The van der Waals surface area contributed by atoms with E-state index in [1.165, 1.54) is 0 Å². The van der Waals surface area contributed by atoms with Gasteiger partial charge < -0.3 is 10.6 Å². The van der Waals surface area contributed by atoms with Crippen molar-refractivity contribution in [2.75, 3.05) is 10.6 Å². The fraction of sp³-hybridized carbons (Fsp3) is 0.125. The normalized spacial score (nSPS) is 10.0. The Bertz CT molecular complexity index is 698. The maximum atomic E-state index is 11.9. The van der Waals surface area contributed by atoms with E-state index >= 15 is 0 Å². The minimum atomic E-state index is -0.682. The molecule has 0 radical (unpaired) electrons. The monoisotopic (exact) mass is 394 g/mol. The molecule has 0 bridgehead atoms. The summed E-state index contributed by atoms with van der Waals surface area (Å²) in [5.41, 5.74) is 3.18. The molecule has 2 rings (SSSR count). The highest BCUT2D eigenvalue weighted by molar-refractivity contribution is 14.1. The summed E-state index contributed by atoms with van der Waals surface area (Å²) < 4.78 is 1.08. The fourth-order valence-corrected chi connectivity index (χ4v) is 2.50. The molecule has 5 heteroatoms. The van der Waals surface area contributed by atoms with Gasteiger partial charge in [-0.3, -0.25) is 9.59 Å². The third-order valence-corrected chi connectivity index (χ3v) is 3.59. The first kappa shape index (κ1) is 15.5. The molecule has 0 saturated heterocycles. The van der Waals surface area contributed by atoms with Gasteiger partial charge >= 0.3 is 11.8 Å². The first-order valence-corrected chi connectivity index (χ1v) is 7.49. The highest BCUT2D eigenvalue weighted by Gasteiger charge is 2.15. The predicted molar refractivity (Wildman–Crippen MR) is 92.3 cm³/mol. The topological polar surface area (TPSA) is 58.2 Å². The van der Waals surface area contributed by atoms with Crippen molar-refractivity contribution < 1.29 is 9.59 Å². The van der Waals surface area contributed by atoms with E-state index in [-0.39, 0.29) is 0 Å². The lowest BCUT2D eigenvalue weighted by atomic mass is 10.2. The summed E-state index contributed by atoms with van der Waals surface area (Å²) in [6, 6.07) is 12.9. The number of benzene rings is 2. The van der Waals surface area contributed by atoms with Gasteiger partial charge in [-0.2, -0.15) is 0 Å². The molecule has 0 heterocycles. The molecule has 0 aromatic heterocycles. The maximum absolute atomic E-state index is 11.9. The quantitative estimate of drug-likeness (QED) is 0.605. The van der Waals surface area contributed by atoms with E-state index < -0.39 is 11.8 Å². The second-order valence-electron chi connectivity index (χ2n) is 4.74. The molecular formula is C16H15IN2O2. The highest BCUT2D eigenvalue weighted by Crippen LogP contribution is 2.17. The molecule has 0 spiro atoms. The first-order chi connectivity index (χ1) is 9.95. The Balaban J connectivity index is 2.04. The van der Waals surface area contributed by atoms with Crippen LogP contribution in [-0.2, 0) is 9.59 Å². The molecule has 0 aliphatic carbocycles. The Morgan fingerprint density at radius 2 is 1.67 bits per heavy atom. The molecule has 2 aromatic carbocycles. The van der Waals surface area contributed by atoms with Crippen molar-refractivity contribution in [1.82, 2.24) is 0 Å². The largest absolute Gasteiger partial charge is 0.318 e. The maximum Gasteiger partial charge on any atom is 0.314 e. The Labute approximate surface area is 137 Å². The van der Waals surface area contributed by atoms with Crippen molar-refractivity contribution in [2.45, 2.75) is 13.8 Å². The van der Waals surface area contributed by atoms with Gasteiger partial charge in [-0.05, 0) is 77.9 Å². The second-order valence-corrected chi connectivity index (χ2v) is 5.98. The van der Waals surface area contributed by atoms with Crippen LogP contribution in [0, 0.1) is 17.4 Å². The van der Waals surface area contributed by atoms with Gasteiger partial charge in [0.1, 0.15) is 0 Å². The van der Waals surface area contributed by atoms with Gasteiger partial charge in [0.15, 0.2) is 0 Å². The van der Waals surface area contributed by atoms with E-state index in [0.717, 1.165) is 14.7 Å². The number of halogens is 1. The molecule has 0 unspecified atom stereocenters. The first-order valence-electron chi connectivity index (χ1n) is 6.41. The summed E-state index contributed by atoms with van der Waals surface area (Å²) in [6.07, 6.45) is 0. The van der Waals surface area contributed by atoms with Crippen LogP contribution in [0.15, 0.2) is 42.5 Å². The van der Waals surface area contributed by atoms with Gasteiger partial charge in [-0.25, -0.2) is 0 Å². The molecule has 4 nitrogen and oxygen atoms in total. The number of carbonyl (C=O) groups excluding carboxylic acids is 2. The lowest BCUT2D eigenvalue weighted by molar-refractivity contribution is -0.133. The zero-order valence-corrected chi connectivity index (χ0v) is 13.9. The van der Waals surface area contributed by atoms with Gasteiger partial charge in [0.25, 0.3) is 0 Å². The zero-order valence-electron chi connectivity index (χ0n) is 11.7.